The Morgan fingerprint density at radius 2 is 1.95 bits per heavy atom. The molecule has 0 radical (unpaired) electrons. The number of allylic oxidation sites excluding steroid dienone is 4. The fourth-order valence-corrected chi connectivity index (χ4v) is 1.89. The molecule has 1 atom stereocenters. The minimum Gasteiger partial charge on any atom is -0.373 e. The van der Waals surface area contributed by atoms with Crippen LogP contribution >= 0.6 is 0 Å². The van der Waals surface area contributed by atoms with Gasteiger partial charge >= 0.3 is 0 Å². The number of unbranched alkanes of at least 4 members (excludes halogenated alkanes) is 1. The molecule has 0 fully saturated rings. The molecule has 1 aliphatic rings. The van der Waals surface area contributed by atoms with E-state index in [-0.39, 0.29) is 17.8 Å². The molecule has 0 heterocycles. The number of rotatable bonds is 7. The average Bonchev–Trinajstić information content (AvgIpc) is 2.56. The van der Waals surface area contributed by atoms with E-state index in [4.69, 9.17) is 10.5 Å². The lowest BCUT2D eigenvalue weighted by atomic mass is 10.0. The van der Waals surface area contributed by atoms with Crippen molar-refractivity contribution in [2.45, 2.75) is 38.7 Å². The maximum Gasteiger partial charge on any atom is 0.217 e. The Hall–Kier alpha value is -1.68. The van der Waals surface area contributed by atoms with Crippen LogP contribution in [0.3, 0.4) is 0 Å². The van der Waals surface area contributed by atoms with Crippen molar-refractivity contribution in [3.8, 4) is 0 Å². The van der Waals surface area contributed by atoms with Crippen molar-refractivity contribution in [1.82, 2.24) is 0 Å². The molecule has 0 aliphatic heterocycles. The van der Waals surface area contributed by atoms with Crippen LogP contribution in [-0.4, -0.2) is 24.9 Å². The summed E-state index contributed by atoms with van der Waals surface area (Å²) in [6, 6.07) is 0. The lowest BCUT2D eigenvalue weighted by Crippen LogP contribution is -2.10. The molecule has 0 aromatic heterocycles. The first-order valence-corrected chi connectivity index (χ1v) is 6.45. The molecule has 0 saturated carbocycles. The zero-order chi connectivity index (χ0) is 14.3. The average molecular weight is 263 g/mol. The standard InChI is InChI=1S/C15H21NO3/c1-11-7-8-12(9-10-14(11)19-2)13(17)5-3-4-6-15(16)18/h7-10,14H,3-6H2,1-2H3,(H2,16,18). The first-order chi connectivity index (χ1) is 9.04. The molecular weight excluding hydrogens is 242 g/mol. The molecule has 4 heteroatoms. The molecule has 2 N–H and O–H groups in total. The second-order valence-corrected chi connectivity index (χ2v) is 4.64. The van der Waals surface area contributed by atoms with E-state index in [1.54, 1.807) is 13.2 Å². The Kier molecular flexibility index (Phi) is 6.22. The van der Waals surface area contributed by atoms with Crippen molar-refractivity contribution in [3.05, 3.63) is 35.5 Å². The van der Waals surface area contributed by atoms with Crippen molar-refractivity contribution in [1.29, 1.82) is 0 Å². The van der Waals surface area contributed by atoms with E-state index in [0.29, 0.717) is 31.3 Å². The van der Waals surface area contributed by atoms with Crippen LogP contribution < -0.4 is 5.73 Å². The van der Waals surface area contributed by atoms with E-state index >= 15 is 0 Å². The normalized spacial score (nSPS) is 18.5. The molecule has 0 spiro atoms. The second-order valence-electron chi connectivity index (χ2n) is 4.64. The van der Waals surface area contributed by atoms with Gasteiger partial charge in [-0.15, -0.1) is 0 Å². The summed E-state index contributed by atoms with van der Waals surface area (Å²) in [6.07, 6.45) is 9.46. The third kappa shape index (κ3) is 5.22. The molecule has 1 unspecified atom stereocenters. The quantitative estimate of drug-likeness (QED) is 0.715. The zero-order valence-electron chi connectivity index (χ0n) is 11.5. The number of nitrogens with two attached hydrogens (primary N) is 1. The highest BCUT2D eigenvalue weighted by molar-refractivity contribution is 5.98. The molecule has 0 aromatic carbocycles. The number of carbonyl (C=O) groups excluding carboxylic acids is 2. The van der Waals surface area contributed by atoms with Gasteiger partial charge in [-0.05, 0) is 25.3 Å². The first kappa shape index (κ1) is 15.4. The van der Waals surface area contributed by atoms with Crippen LogP contribution in [0.5, 0.6) is 0 Å². The molecule has 1 aliphatic carbocycles. The highest BCUT2D eigenvalue weighted by Gasteiger charge is 2.12. The monoisotopic (exact) mass is 263 g/mol. The predicted molar refractivity (Wildman–Crippen MR) is 74.4 cm³/mol. The number of amides is 1. The molecule has 1 amide bonds. The molecule has 1 rings (SSSR count). The van der Waals surface area contributed by atoms with Gasteiger partial charge in [0.15, 0.2) is 5.78 Å². The summed E-state index contributed by atoms with van der Waals surface area (Å²) in [5, 5.41) is 0. The van der Waals surface area contributed by atoms with Crippen LogP contribution in [0.2, 0.25) is 0 Å². The summed E-state index contributed by atoms with van der Waals surface area (Å²) < 4.78 is 5.29. The van der Waals surface area contributed by atoms with Gasteiger partial charge in [-0.1, -0.05) is 24.3 Å². The van der Waals surface area contributed by atoms with E-state index in [0.717, 1.165) is 5.57 Å². The van der Waals surface area contributed by atoms with Gasteiger partial charge in [-0.25, -0.2) is 0 Å². The number of primary amides is 1. The second kappa shape index (κ2) is 7.69. The summed E-state index contributed by atoms with van der Waals surface area (Å²) in [7, 11) is 1.64. The minimum atomic E-state index is -0.317. The lowest BCUT2D eigenvalue weighted by molar-refractivity contribution is -0.119. The van der Waals surface area contributed by atoms with Crippen LogP contribution in [0.1, 0.15) is 32.6 Å². The molecule has 0 bridgehead atoms. The number of hydrogen-bond donors (Lipinski definition) is 1. The number of hydrogen-bond acceptors (Lipinski definition) is 3. The number of ether oxygens (including phenoxy) is 1. The van der Waals surface area contributed by atoms with Crippen molar-refractivity contribution >= 4 is 11.7 Å². The van der Waals surface area contributed by atoms with Crippen molar-refractivity contribution in [2.75, 3.05) is 7.11 Å². The predicted octanol–water partition coefficient (Wildman–Crippen LogP) is 2.06. The number of ketones is 1. The number of Topliss-reactive ketones (excluding diaryl/α,β-unsaturated/α-hetero) is 1. The smallest absolute Gasteiger partial charge is 0.217 e. The van der Waals surface area contributed by atoms with Crippen LogP contribution in [0.15, 0.2) is 35.5 Å². The van der Waals surface area contributed by atoms with Gasteiger partial charge < -0.3 is 10.5 Å². The first-order valence-electron chi connectivity index (χ1n) is 6.45. The number of carbonyl (C=O) groups is 2. The largest absolute Gasteiger partial charge is 0.373 e. The molecular formula is C15H21NO3. The summed E-state index contributed by atoms with van der Waals surface area (Å²) >= 11 is 0. The SMILES string of the molecule is COC1C=CC(C(=O)CCCCC(N)=O)=CC=C1C. The summed E-state index contributed by atoms with van der Waals surface area (Å²) in [4.78, 5) is 22.6. The van der Waals surface area contributed by atoms with Gasteiger partial charge in [0.1, 0.15) is 0 Å². The Balaban J connectivity index is 2.51. The topological polar surface area (TPSA) is 69.4 Å². The summed E-state index contributed by atoms with van der Waals surface area (Å²) in [5.41, 5.74) is 6.79. The van der Waals surface area contributed by atoms with Crippen LogP contribution in [0.4, 0.5) is 0 Å². The summed E-state index contributed by atoms with van der Waals surface area (Å²) in [5.74, 6) is -0.232. The molecule has 4 nitrogen and oxygen atoms in total. The maximum absolute atomic E-state index is 12.0. The highest BCUT2D eigenvalue weighted by Crippen LogP contribution is 2.16. The van der Waals surface area contributed by atoms with Gasteiger partial charge in [0.05, 0.1) is 6.10 Å². The van der Waals surface area contributed by atoms with E-state index in [9.17, 15) is 9.59 Å². The van der Waals surface area contributed by atoms with Gasteiger partial charge in [0.2, 0.25) is 5.91 Å². The van der Waals surface area contributed by atoms with Gasteiger partial charge in [-0.3, -0.25) is 9.59 Å². The zero-order valence-corrected chi connectivity index (χ0v) is 11.5. The molecule has 19 heavy (non-hydrogen) atoms. The van der Waals surface area contributed by atoms with E-state index in [2.05, 4.69) is 0 Å². The molecule has 0 saturated heterocycles. The van der Waals surface area contributed by atoms with E-state index < -0.39 is 0 Å². The third-order valence-electron chi connectivity index (χ3n) is 3.08. The number of methoxy groups -OCH3 is 1. The Bertz CT molecular complexity index is 433. The van der Waals surface area contributed by atoms with Gasteiger partial charge in [-0.2, -0.15) is 0 Å². The van der Waals surface area contributed by atoms with Crippen LogP contribution in [0.25, 0.3) is 0 Å². The van der Waals surface area contributed by atoms with Gasteiger partial charge in [0, 0.05) is 25.5 Å². The Morgan fingerprint density at radius 1 is 1.26 bits per heavy atom. The van der Waals surface area contributed by atoms with Crippen LogP contribution in [0, 0.1) is 0 Å². The van der Waals surface area contributed by atoms with E-state index in [1.807, 2.05) is 25.2 Å². The Morgan fingerprint density at radius 3 is 2.58 bits per heavy atom. The Labute approximate surface area is 114 Å². The van der Waals surface area contributed by atoms with Crippen molar-refractivity contribution in [2.24, 2.45) is 5.73 Å². The van der Waals surface area contributed by atoms with Crippen LogP contribution in [-0.2, 0) is 14.3 Å². The fourth-order valence-electron chi connectivity index (χ4n) is 1.89. The molecule has 0 aromatic rings. The van der Waals surface area contributed by atoms with Crippen molar-refractivity contribution in [3.63, 3.8) is 0 Å². The highest BCUT2D eigenvalue weighted by atomic mass is 16.5. The summed E-state index contributed by atoms with van der Waals surface area (Å²) in [6.45, 7) is 1.97. The fraction of sp³-hybridized carbons (Fsp3) is 0.467. The minimum absolute atomic E-state index is 0.0728. The van der Waals surface area contributed by atoms with E-state index in [1.165, 1.54) is 0 Å². The third-order valence-corrected chi connectivity index (χ3v) is 3.08. The maximum atomic E-state index is 12.0. The lowest BCUT2D eigenvalue weighted by Gasteiger charge is -2.09. The molecule has 104 valence electrons. The van der Waals surface area contributed by atoms with Gasteiger partial charge in [0.25, 0.3) is 0 Å². The van der Waals surface area contributed by atoms with Crippen molar-refractivity contribution < 1.29 is 14.3 Å².